The molecule has 0 fully saturated rings. The maximum Gasteiger partial charge on any atom is -0.000653 e. The van der Waals surface area contributed by atoms with Crippen molar-refractivity contribution < 1.29 is 0 Å². The van der Waals surface area contributed by atoms with E-state index in [4.69, 9.17) is 22.9 Å². The van der Waals surface area contributed by atoms with Crippen LogP contribution in [0.15, 0.2) is 0 Å². The van der Waals surface area contributed by atoms with Crippen molar-refractivity contribution in [2.45, 2.75) is 64.7 Å². The molecule has 0 aliphatic rings. The van der Waals surface area contributed by atoms with E-state index in [1.54, 1.807) is 0 Å². The van der Waals surface area contributed by atoms with Gasteiger partial charge < -0.3 is 37.6 Å². The first-order valence-electron chi connectivity index (χ1n) is 12.7. The average molecular weight is 430 g/mol. The van der Waals surface area contributed by atoms with Crippen LogP contribution in [-0.2, 0) is 0 Å². The van der Waals surface area contributed by atoms with Crippen molar-refractivity contribution in [2.75, 3.05) is 85.1 Å². The molecule has 0 atom stereocenters. The van der Waals surface area contributed by atoms with Crippen LogP contribution < -0.4 is 22.9 Å². The molecule has 0 radical (unpaired) electrons. The lowest BCUT2D eigenvalue weighted by atomic mass is 10.2. The Morgan fingerprint density at radius 2 is 0.633 bits per heavy atom. The van der Waals surface area contributed by atoms with Crippen LogP contribution in [0.5, 0.6) is 0 Å². The summed E-state index contributed by atoms with van der Waals surface area (Å²) in [5.41, 5.74) is 22.9. The molecular weight excluding hydrogens is 374 g/mol. The fourth-order valence-electron chi connectivity index (χ4n) is 3.89. The van der Waals surface area contributed by atoms with Crippen LogP contribution in [0.1, 0.15) is 64.7 Å². The largest absolute Gasteiger partial charge is 0.330 e. The Morgan fingerprint density at radius 1 is 0.367 bits per heavy atom. The van der Waals surface area contributed by atoms with Gasteiger partial charge in [0.15, 0.2) is 0 Å². The Kier molecular flexibility index (Phi) is 23.2. The van der Waals surface area contributed by atoms with E-state index in [2.05, 4.69) is 21.6 Å². The van der Waals surface area contributed by atoms with E-state index in [0.29, 0.717) is 0 Å². The van der Waals surface area contributed by atoms with Crippen LogP contribution in [-0.4, -0.2) is 99.8 Å². The van der Waals surface area contributed by atoms with E-state index >= 15 is 0 Å². The van der Waals surface area contributed by atoms with E-state index in [1.165, 1.54) is 51.7 Å². The van der Waals surface area contributed by atoms with Gasteiger partial charge in [-0.1, -0.05) is 19.8 Å². The SMILES string of the molecule is CCCCCN(CCCN(CCCN)CCCN)CCCN(CCCN)CCCN. The van der Waals surface area contributed by atoms with Gasteiger partial charge in [0.2, 0.25) is 0 Å². The lowest BCUT2D eigenvalue weighted by molar-refractivity contribution is 0.203. The number of hydrogen-bond acceptors (Lipinski definition) is 7. The van der Waals surface area contributed by atoms with Crippen molar-refractivity contribution in [1.82, 2.24) is 14.7 Å². The first-order chi connectivity index (χ1) is 14.7. The first kappa shape index (κ1) is 29.7. The third kappa shape index (κ3) is 18.5. The molecule has 7 nitrogen and oxygen atoms in total. The van der Waals surface area contributed by atoms with Gasteiger partial charge in [0.1, 0.15) is 0 Å². The summed E-state index contributed by atoms with van der Waals surface area (Å²) < 4.78 is 0. The van der Waals surface area contributed by atoms with E-state index in [1.807, 2.05) is 0 Å². The molecule has 0 aromatic carbocycles. The summed E-state index contributed by atoms with van der Waals surface area (Å²) in [5.74, 6) is 0. The molecular formula is C23H55N7. The van der Waals surface area contributed by atoms with Crippen molar-refractivity contribution in [3.63, 3.8) is 0 Å². The van der Waals surface area contributed by atoms with Crippen molar-refractivity contribution in [1.29, 1.82) is 0 Å². The van der Waals surface area contributed by atoms with E-state index in [-0.39, 0.29) is 0 Å². The number of nitrogens with zero attached hydrogens (tertiary/aromatic N) is 3. The molecule has 0 saturated carbocycles. The van der Waals surface area contributed by atoms with Gasteiger partial charge in [-0.25, -0.2) is 0 Å². The van der Waals surface area contributed by atoms with Crippen LogP contribution in [0.2, 0.25) is 0 Å². The van der Waals surface area contributed by atoms with Crippen molar-refractivity contribution >= 4 is 0 Å². The number of hydrogen-bond donors (Lipinski definition) is 4. The highest BCUT2D eigenvalue weighted by atomic mass is 15.2. The minimum absolute atomic E-state index is 0.771. The summed E-state index contributed by atoms with van der Waals surface area (Å²) in [6.07, 6.45) is 10.7. The Hall–Kier alpha value is -0.280. The molecule has 30 heavy (non-hydrogen) atoms. The zero-order chi connectivity index (χ0) is 22.3. The highest BCUT2D eigenvalue weighted by molar-refractivity contribution is 4.66. The first-order valence-corrected chi connectivity index (χ1v) is 12.7. The van der Waals surface area contributed by atoms with E-state index < -0.39 is 0 Å². The number of unbranched alkanes of at least 4 members (excludes halogenated alkanes) is 2. The van der Waals surface area contributed by atoms with Gasteiger partial charge in [-0.2, -0.15) is 0 Å². The number of rotatable bonds is 24. The minimum Gasteiger partial charge on any atom is -0.330 e. The molecule has 0 amide bonds. The zero-order valence-electron chi connectivity index (χ0n) is 20.2. The fourth-order valence-corrected chi connectivity index (χ4v) is 3.89. The molecule has 0 heterocycles. The second kappa shape index (κ2) is 23.4. The Labute approximate surface area is 187 Å². The van der Waals surface area contributed by atoms with Gasteiger partial charge in [0, 0.05) is 0 Å². The van der Waals surface area contributed by atoms with Crippen molar-refractivity contribution in [3.8, 4) is 0 Å². The molecule has 7 heteroatoms. The molecule has 182 valence electrons. The standard InChI is InChI=1S/C23H55N7/c1-2-3-4-15-28(20-9-22-29(16-5-11-24)17-6-12-25)21-10-23-30(18-7-13-26)19-8-14-27/h2-27H2,1H3. The van der Waals surface area contributed by atoms with Gasteiger partial charge >= 0.3 is 0 Å². The highest BCUT2D eigenvalue weighted by Crippen LogP contribution is 2.05. The van der Waals surface area contributed by atoms with Crippen LogP contribution in [0, 0.1) is 0 Å². The molecule has 0 saturated heterocycles. The summed E-state index contributed by atoms with van der Waals surface area (Å²) in [5, 5.41) is 0. The maximum absolute atomic E-state index is 5.71. The molecule has 0 aromatic rings. The Bertz CT molecular complexity index is 289. The van der Waals surface area contributed by atoms with E-state index in [0.717, 1.165) is 91.1 Å². The van der Waals surface area contributed by atoms with Crippen LogP contribution in [0.4, 0.5) is 0 Å². The number of nitrogens with two attached hydrogens (primary N) is 4. The zero-order valence-corrected chi connectivity index (χ0v) is 20.2. The molecule has 8 N–H and O–H groups in total. The quantitative estimate of drug-likeness (QED) is 0.171. The predicted octanol–water partition coefficient (Wildman–Crippen LogP) is 1.26. The second-order valence-electron chi connectivity index (χ2n) is 8.51. The molecule has 0 aliphatic heterocycles. The lowest BCUT2D eigenvalue weighted by Crippen LogP contribution is -2.35. The monoisotopic (exact) mass is 429 g/mol. The molecule has 0 aliphatic carbocycles. The molecule has 0 rings (SSSR count). The predicted molar refractivity (Wildman–Crippen MR) is 133 cm³/mol. The molecule has 0 spiro atoms. The summed E-state index contributed by atoms with van der Waals surface area (Å²) in [4.78, 5) is 7.78. The Balaban J connectivity index is 4.40. The molecule has 0 aromatic heterocycles. The van der Waals surface area contributed by atoms with Gasteiger partial charge in [0.25, 0.3) is 0 Å². The van der Waals surface area contributed by atoms with Crippen molar-refractivity contribution in [2.24, 2.45) is 22.9 Å². The third-order valence-corrected chi connectivity index (χ3v) is 5.69. The molecule has 0 unspecified atom stereocenters. The van der Waals surface area contributed by atoms with Gasteiger partial charge in [-0.3, -0.25) is 0 Å². The normalized spacial score (nSPS) is 12.0. The van der Waals surface area contributed by atoms with Crippen LogP contribution in [0.25, 0.3) is 0 Å². The second-order valence-corrected chi connectivity index (χ2v) is 8.51. The lowest BCUT2D eigenvalue weighted by Gasteiger charge is -2.27. The van der Waals surface area contributed by atoms with Gasteiger partial charge in [-0.15, -0.1) is 0 Å². The van der Waals surface area contributed by atoms with Crippen molar-refractivity contribution in [3.05, 3.63) is 0 Å². The summed E-state index contributed by atoms with van der Waals surface area (Å²) in [6, 6.07) is 0. The third-order valence-electron chi connectivity index (χ3n) is 5.69. The summed E-state index contributed by atoms with van der Waals surface area (Å²) in [6.45, 7) is 15.7. The topological polar surface area (TPSA) is 114 Å². The van der Waals surface area contributed by atoms with Gasteiger partial charge in [-0.05, 0) is 130 Å². The van der Waals surface area contributed by atoms with Crippen LogP contribution >= 0.6 is 0 Å². The van der Waals surface area contributed by atoms with E-state index in [9.17, 15) is 0 Å². The summed E-state index contributed by atoms with van der Waals surface area (Å²) in [7, 11) is 0. The minimum atomic E-state index is 0.771. The molecule has 0 bridgehead atoms. The fraction of sp³-hybridized carbons (Fsp3) is 1.00. The average Bonchev–Trinajstić information content (AvgIpc) is 2.76. The Morgan fingerprint density at radius 3 is 0.900 bits per heavy atom. The highest BCUT2D eigenvalue weighted by Gasteiger charge is 2.10. The smallest absolute Gasteiger partial charge is 0.000653 e. The summed E-state index contributed by atoms with van der Waals surface area (Å²) >= 11 is 0. The maximum atomic E-state index is 5.71. The van der Waals surface area contributed by atoms with Gasteiger partial charge in [0.05, 0.1) is 0 Å². The van der Waals surface area contributed by atoms with Crippen LogP contribution in [0.3, 0.4) is 0 Å².